The molecule has 232 valence electrons. The molecule has 0 bridgehead atoms. The number of methoxy groups -OCH3 is 1. The molecule has 3 aliphatic rings. The molecule has 5 rings (SSSR count). The molecule has 3 fully saturated rings. The SMILES string of the molecule is CCCCCCCc1ccc(C23NC(=O)N4CC(C(=O)OC)CN(C(=O)N2)C43c2ccc(CCCCCCC)cc2)cc1. The third kappa shape index (κ3) is 5.61. The number of hydrogen-bond donors (Lipinski definition) is 2. The lowest BCUT2D eigenvalue weighted by molar-refractivity contribution is -0.152. The van der Waals surface area contributed by atoms with Crippen molar-refractivity contribution in [1.29, 1.82) is 0 Å². The second kappa shape index (κ2) is 13.4. The van der Waals surface area contributed by atoms with Crippen LogP contribution < -0.4 is 10.6 Å². The predicted molar refractivity (Wildman–Crippen MR) is 167 cm³/mol. The van der Waals surface area contributed by atoms with Gasteiger partial charge in [0.25, 0.3) is 0 Å². The van der Waals surface area contributed by atoms with Crippen molar-refractivity contribution in [2.75, 3.05) is 20.2 Å². The Morgan fingerprint density at radius 3 is 1.60 bits per heavy atom. The summed E-state index contributed by atoms with van der Waals surface area (Å²) in [6.45, 7) is 4.76. The number of benzene rings is 2. The summed E-state index contributed by atoms with van der Waals surface area (Å²) in [5.74, 6) is -1.07. The van der Waals surface area contributed by atoms with Gasteiger partial charge in [0.05, 0.1) is 13.0 Å². The van der Waals surface area contributed by atoms with Crippen LogP contribution in [0.3, 0.4) is 0 Å². The first-order valence-corrected chi connectivity index (χ1v) is 16.4. The summed E-state index contributed by atoms with van der Waals surface area (Å²) in [7, 11) is 1.34. The van der Waals surface area contributed by atoms with Gasteiger partial charge in [-0.25, -0.2) is 9.59 Å². The number of carbonyl (C=O) groups is 3. The van der Waals surface area contributed by atoms with Gasteiger partial charge in [-0.1, -0.05) is 114 Å². The second-order valence-corrected chi connectivity index (χ2v) is 12.4. The van der Waals surface area contributed by atoms with E-state index in [0.29, 0.717) is 0 Å². The van der Waals surface area contributed by atoms with Crippen LogP contribution in [-0.4, -0.2) is 48.0 Å². The van der Waals surface area contributed by atoms with Crippen molar-refractivity contribution >= 4 is 18.0 Å². The Morgan fingerprint density at radius 2 is 1.16 bits per heavy atom. The Labute approximate surface area is 256 Å². The van der Waals surface area contributed by atoms with Gasteiger partial charge in [0.15, 0.2) is 11.3 Å². The van der Waals surface area contributed by atoms with Gasteiger partial charge in [0, 0.05) is 24.2 Å². The molecule has 0 spiro atoms. The lowest BCUT2D eigenvalue weighted by atomic mass is 9.78. The van der Waals surface area contributed by atoms with Crippen LogP contribution in [0, 0.1) is 5.92 Å². The zero-order valence-electron chi connectivity index (χ0n) is 26.1. The van der Waals surface area contributed by atoms with E-state index in [1.807, 2.05) is 12.1 Å². The molecule has 2 aromatic carbocycles. The minimum Gasteiger partial charge on any atom is -0.469 e. The van der Waals surface area contributed by atoms with Crippen LogP contribution in [0.5, 0.6) is 0 Å². The average molecular weight is 589 g/mol. The molecule has 0 saturated carbocycles. The number of urea groups is 2. The largest absolute Gasteiger partial charge is 0.469 e. The summed E-state index contributed by atoms with van der Waals surface area (Å²) in [4.78, 5) is 43.6. The van der Waals surface area contributed by atoms with Gasteiger partial charge in [-0.05, 0) is 36.8 Å². The molecule has 0 radical (unpaired) electrons. The quantitative estimate of drug-likeness (QED) is 0.182. The van der Waals surface area contributed by atoms with Crippen molar-refractivity contribution in [3.63, 3.8) is 0 Å². The minimum absolute atomic E-state index is 0.154. The van der Waals surface area contributed by atoms with Crippen LogP contribution in [0.25, 0.3) is 0 Å². The van der Waals surface area contributed by atoms with Crippen LogP contribution in [0.2, 0.25) is 0 Å². The van der Waals surface area contributed by atoms with E-state index in [0.717, 1.165) is 36.8 Å². The van der Waals surface area contributed by atoms with Gasteiger partial charge < -0.3 is 15.4 Å². The molecular weight excluding hydrogens is 540 g/mol. The molecule has 3 saturated heterocycles. The Bertz CT molecular complexity index is 1250. The highest BCUT2D eigenvalue weighted by atomic mass is 16.5. The van der Waals surface area contributed by atoms with E-state index < -0.39 is 23.2 Å². The lowest BCUT2D eigenvalue weighted by Gasteiger charge is -2.51. The number of ether oxygens (including phenoxy) is 1. The van der Waals surface area contributed by atoms with Crippen molar-refractivity contribution in [3.05, 3.63) is 70.8 Å². The van der Waals surface area contributed by atoms with Gasteiger partial charge in [0.1, 0.15) is 0 Å². The molecule has 4 amide bonds. The van der Waals surface area contributed by atoms with Crippen molar-refractivity contribution in [3.8, 4) is 0 Å². The van der Waals surface area contributed by atoms with E-state index in [2.05, 4.69) is 60.9 Å². The highest BCUT2D eigenvalue weighted by Crippen LogP contribution is 2.55. The second-order valence-electron chi connectivity index (χ2n) is 12.4. The number of nitrogens with one attached hydrogen (secondary N) is 2. The van der Waals surface area contributed by atoms with Crippen LogP contribution in [0.4, 0.5) is 9.59 Å². The smallest absolute Gasteiger partial charge is 0.321 e. The molecule has 0 unspecified atom stereocenters. The number of unbranched alkanes of at least 4 members (excludes halogenated alkanes) is 8. The van der Waals surface area contributed by atoms with Crippen molar-refractivity contribution < 1.29 is 19.1 Å². The maximum Gasteiger partial charge on any atom is 0.321 e. The first-order chi connectivity index (χ1) is 20.9. The zero-order valence-corrected chi connectivity index (χ0v) is 26.1. The van der Waals surface area contributed by atoms with Gasteiger partial charge in [-0.15, -0.1) is 0 Å². The summed E-state index contributed by atoms with van der Waals surface area (Å²) in [6.07, 6.45) is 14.2. The Morgan fingerprint density at radius 1 is 0.721 bits per heavy atom. The Hall–Kier alpha value is -3.55. The van der Waals surface area contributed by atoms with Crippen molar-refractivity contribution in [1.82, 2.24) is 20.4 Å². The third-order valence-electron chi connectivity index (χ3n) is 9.61. The monoisotopic (exact) mass is 588 g/mol. The highest BCUT2D eigenvalue weighted by molar-refractivity contribution is 5.91. The highest BCUT2D eigenvalue weighted by Gasteiger charge is 2.75. The molecule has 8 nitrogen and oxygen atoms in total. The molecule has 43 heavy (non-hydrogen) atoms. The van der Waals surface area contributed by atoms with Gasteiger partial charge in [0.2, 0.25) is 0 Å². The fraction of sp³-hybridized carbons (Fsp3) is 0.571. The number of hydrogen-bond acceptors (Lipinski definition) is 4. The Balaban J connectivity index is 1.49. The lowest BCUT2D eigenvalue weighted by Crippen LogP contribution is -2.67. The topological polar surface area (TPSA) is 91.0 Å². The average Bonchev–Trinajstić information content (AvgIpc) is 3.44. The summed E-state index contributed by atoms with van der Waals surface area (Å²) in [6, 6.07) is 16.0. The van der Waals surface area contributed by atoms with Crippen LogP contribution in [-0.2, 0) is 33.7 Å². The van der Waals surface area contributed by atoms with E-state index in [1.54, 1.807) is 9.80 Å². The zero-order chi connectivity index (χ0) is 30.5. The van der Waals surface area contributed by atoms with Crippen LogP contribution in [0.1, 0.15) is 100 Å². The number of esters is 1. The van der Waals surface area contributed by atoms with Gasteiger partial charge in [-0.3, -0.25) is 14.6 Å². The summed E-state index contributed by atoms with van der Waals surface area (Å²) >= 11 is 0. The molecule has 0 aromatic heterocycles. The molecule has 3 aliphatic heterocycles. The molecule has 2 N–H and O–H groups in total. The van der Waals surface area contributed by atoms with Gasteiger partial charge >= 0.3 is 18.0 Å². The molecule has 0 atom stereocenters. The number of carbonyl (C=O) groups excluding carboxylic acids is 3. The third-order valence-corrected chi connectivity index (χ3v) is 9.61. The molecule has 0 aliphatic carbocycles. The minimum atomic E-state index is -1.22. The van der Waals surface area contributed by atoms with Crippen molar-refractivity contribution in [2.24, 2.45) is 5.92 Å². The maximum absolute atomic E-state index is 13.8. The number of rotatable bonds is 15. The van der Waals surface area contributed by atoms with E-state index in [-0.39, 0.29) is 25.2 Å². The Kier molecular flexibility index (Phi) is 9.62. The fourth-order valence-corrected chi connectivity index (χ4v) is 7.31. The fourth-order valence-electron chi connectivity index (χ4n) is 7.31. The van der Waals surface area contributed by atoms with E-state index >= 15 is 0 Å². The normalized spacial score (nSPS) is 24.1. The molecule has 3 heterocycles. The van der Waals surface area contributed by atoms with E-state index in [4.69, 9.17) is 4.74 Å². The van der Waals surface area contributed by atoms with Crippen LogP contribution in [0.15, 0.2) is 48.5 Å². The summed E-state index contributed by atoms with van der Waals surface area (Å²) in [5, 5.41) is 6.36. The molecule has 2 aromatic rings. The standard InChI is InChI=1S/C35H48N4O4/c1-4-6-8-10-12-14-26-16-20-29(21-17-26)34-35(30-22-18-27(19-23-30)15-13-11-9-7-5-2)38(32(41)36-34)24-28(31(40)43-3)25-39(35)33(42)37-34/h16-23,28H,4-15,24-25H2,1-3H3,(H,36,41)(H,37,42). The van der Waals surface area contributed by atoms with Gasteiger partial charge in [-0.2, -0.15) is 0 Å². The van der Waals surface area contributed by atoms with Crippen LogP contribution >= 0.6 is 0 Å². The van der Waals surface area contributed by atoms with E-state index in [1.165, 1.54) is 69.6 Å². The van der Waals surface area contributed by atoms with Crippen molar-refractivity contribution in [2.45, 2.75) is 102 Å². The maximum atomic E-state index is 13.8. The first kappa shape index (κ1) is 30.9. The number of nitrogens with zero attached hydrogens (tertiary/aromatic N) is 2. The molecule has 8 heteroatoms. The summed E-state index contributed by atoms with van der Waals surface area (Å²) < 4.78 is 5.05. The first-order valence-electron chi connectivity index (χ1n) is 16.4. The van der Waals surface area contributed by atoms with E-state index in [9.17, 15) is 14.4 Å². The molecular formula is C35H48N4O4. The number of amides is 4. The summed E-state index contributed by atoms with van der Waals surface area (Å²) in [5.41, 5.74) is 1.73. The number of aryl methyl sites for hydroxylation is 2. The predicted octanol–water partition coefficient (Wildman–Crippen LogP) is 6.57.